The second-order valence-electron chi connectivity index (χ2n) is 10.5. The first kappa shape index (κ1) is 19.3. The maximum absolute atomic E-state index is 11.4. The Morgan fingerprint density at radius 3 is 2.63 bits per heavy atom. The van der Waals surface area contributed by atoms with Crippen LogP contribution in [0.4, 0.5) is 0 Å². The summed E-state index contributed by atoms with van der Waals surface area (Å²) >= 11 is 0. The van der Waals surface area contributed by atoms with Gasteiger partial charge in [0.15, 0.2) is 0 Å². The molecule has 4 rings (SSSR count). The highest BCUT2D eigenvalue weighted by Gasteiger charge is 2.56. The molecule has 0 aliphatic heterocycles. The van der Waals surface area contributed by atoms with Crippen LogP contribution in [0.1, 0.15) is 86.0 Å². The lowest BCUT2D eigenvalue weighted by atomic mass is 9.50. The van der Waals surface area contributed by atoms with Crippen LogP contribution in [0.25, 0.3) is 0 Å². The third kappa shape index (κ3) is 2.93. The van der Waals surface area contributed by atoms with Crippen molar-refractivity contribution in [2.24, 2.45) is 34.5 Å². The lowest BCUT2D eigenvalue weighted by Gasteiger charge is -2.55. The van der Waals surface area contributed by atoms with Gasteiger partial charge in [-0.25, -0.2) is 0 Å². The minimum Gasteiger partial charge on any atom is -0.462 e. The molecular formula is C25H38O2. The number of fused-ring (bicyclic) bond motifs is 5. The second-order valence-corrected chi connectivity index (χ2v) is 10.5. The number of rotatable bonds is 3. The highest BCUT2D eigenvalue weighted by molar-refractivity contribution is 5.66. The molecular weight excluding hydrogens is 332 g/mol. The van der Waals surface area contributed by atoms with Gasteiger partial charge in [-0.05, 0) is 73.0 Å². The van der Waals surface area contributed by atoms with E-state index in [-0.39, 0.29) is 17.5 Å². The van der Waals surface area contributed by atoms with E-state index in [1.807, 2.05) is 0 Å². The molecule has 150 valence electrons. The summed E-state index contributed by atoms with van der Waals surface area (Å²) in [6.45, 7) is 11.5. The van der Waals surface area contributed by atoms with E-state index in [0.717, 1.165) is 37.0 Å². The van der Waals surface area contributed by atoms with Crippen molar-refractivity contribution in [2.45, 2.75) is 92.1 Å². The van der Waals surface area contributed by atoms with Crippen molar-refractivity contribution in [1.82, 2.24) is 0 Å². The molecule has 0 aromatic carbocycles. The molecule has 0 bridgehead atoms. The molecule has 0 saturated heterocycles. The summed E-state index contributed by atoms with van der Waals surface area (Å²) in [6.07, 6.45) is 15.0. The number of allylic oxidation sites excluding steroid dienone is 3. The van der Waals surface area contributed by atoms with E-state index < -0.39 is 0 Å². The van der Waals surface area contributed by atoms with Crippen molar-refractivity contribution in [2.75, 3.05) is 0 Å². The minimum absolute atomic E-state index is 0.0897. The van der Waals surface area contributed by atoms with Gasteiger partial charge >= 0.3 is 5.97 Å². The van der Waals surface area contributed by atoms with E-state index >= 15 is 0 Å². The summed E-state index contributed by atoms with van der Waals surface area (Å²) in [7, 11) is 0. The summed E-state index contributed by atoms with van der Waals surface area (Å²) in [4.78, 5) is 11.4. The number of hydrogen-bond donors (Lipinski definition) is 0. The van der Waals surface area contributed by atoms with E-state index in [4.69, 9.17) is 4.74 Å². The fourth-order valence-corrected chi connectivity index (χ4v) is 7.56. The molecule has 0 heterocycles. The van der Waals surface area contributed by atoms with Crippen LogP contribution in [-0.4, -0.2) is 12.1 Å². The van der Waals surface area contributed by atoms with Gasteiger partial charge in [0.2, 0.25) is 0 Å². The summed E-state index contributed by atoms with van der Waals surface area (Å²) < 4.78 is 5.56. The highest BCUT2D eigenvalue weighted by Crippen LogP contribution is 2.66. The molecule has 0 unspecified atom stereocenters. The van der Waals surface area contributed by atoms with Gasteiger partial charge in [-0.1, -0.05) is 57.4 Å². The second kappa shape index (κ2) is 6.78. The first-order valence-corrected chi connectivity index (χ1v) is 11.4. The van der Waals surface area contributed by atoms with Crippen molar-refractivity contribution in [1.29, 1.82) is 0 Å². The van der Waals surface area contributed by atoms with Crippen LogP contribution in [0.2, 0.25) is 0 Å². The largest absolute Gasteiger partial charge is 0.462 e. The molecule has 0 radical (unpaired) electrons. The molecule has 2 heteroatoms. The van der Waals surface area contributed by atoms with Gasteiger partial charge in [0.1, 0.15) is 6.10 Å². The van der Waals surface area contributed by atoms with E-state index in [0.29, 0.717) is 11.3 Å². The van der Waals surface area contributed by atoms with Gasteiger partial charge in [0.05, 0.1) is 0 Å². The SMILES string of the molecule is CC[C@@H](C)[C@H]1CC[C@H]2C3=CC=C4C[C@@H](OC(C)=O)CC[C@]4(C)[C@H]3CC[C@]12C. The Kier molecular flexibility index (Phi) is 4.84. The first-order chi connectivity index (χ1) is 12.8. The van der Waals surface area contributed by atoms with Gasteiger partial charge < -0.3 is 4.74 Å². The molecule has 7 atom stereocenters. The van der Waals surface area contributed by atoms with E-state index in [1.54, 1.807) is 5.57 Å². The molecule has 0 amide bonds. The molecule has 0 aromatic heterocycles. The lowest BCUT2D eigenvalue weighted by Crippen LogP contribution is -2.46. The Bertz CT molecular complexity index is 674. The van der Waals surface area contributed by atoms with Crippen molar-refractivity contribution in [3.8, 4) is 0 Å². The van der Waals surface area contributed by atoms with E-state index in [1.165, 1.54) is 44.6 Å². The average molecular weight is 371 g/mol. The van der Waals surface area contributed by atoms with E-state index in [9.17, 15) is 4.79 Å². The predicted molar refractivity (Wildman–Crippen MR) is 110 cm³/mol. The van der Waals surface area contributed by atoms with Crippen molar-refractivity contribution >= 4 is 5.97 Å². The Hall–Kier alpha value is -1.05. The molecule has 27 heavy (non-hydrogen) atoms. The van der Waals surface area contributed by atoms with Crippen LogP contribution in [0.15, 0.2) is 23.3 Å². The van der Waals surface area contributed by atoms with Crippen LogP contribution < -0.4 is 0 Å². The molecule has 4 aliphatic carbocycles. The molecule has 3 fully saturated rings. The molecule has 0 spiro atoms. The van der Waals surface area contributed by atoms with Gasteiger partial charge in [0.25, 0.3) is 0 Å². The maximum Gasteiger partial charge on any atom is 0.302 e. The number of ether oxygens (including phenoxy) is 1. The zero-order chi connectivity index (χ0) is 19.4. The molecule has 0 aromatic rings. The molecule has 4 aliphatic rings. The molecule has 2 nitrogen and oxygen atoms in total. The maximum atomic E-state index is 11.4. The number of esters is 1. The van der Waals surface area contributed by atoms with Gasteiger partial charge in [-0.3, -0.25) is 4.79 Å². The van der Waals surface area contributed by atoms with Gasteiger partial charge in [-0.2, -0.15) is 0 Å². The number of carbonyl (C=O) groups excluding carboxylic acids is 1. The third-order valence-electron chi connectivity index (χ3n) is 9.26. The fraction of sp³-hybridized carbons (Fsp3) is 0.800. The summed E-state index contributed by atoms with van der Waals surface area (Å²) in [6, 6.07) is 0. The average Bonchev–Trinajstić information content (AvgIpc) is 2.98. The Morgan fingerprint density at radius 1 is 1.15 bits per heavy atom. The van der Waals surface area contributed by atoms with Crippen LogP contribution >= 0.6 is 0 Å². The number of hydrogen-bond acceptors (Lipinski definition) is 2. The monoisotopic (exact) mass is 370 g/mol. The lowest BCUT2D eigenvalue weighted by molar-refractivity contribution is -0.148. The third-order valence-corrected chi connectivity index (χ3v) is 9.26. The summed E-state index contributed by atoms with van der Waals surface area (Å²) in [5.74, 6) is 3.11. The van der Waals surface area contributed by atoms with Crippen LogP contribution in [0.5, 0.6) is 0 Å². The van der Waals surface area contributed by atoms with Crippen molar-refractivity contribution in [3.05, 3.63) is 23.3 Å². The van der Waals surface area contributed by atoms with E-state index in [2.05, 4.69) is 39.8 Å². The predicted octanol–water partition coefficient (Wildman–Crippen LogP) is 6.46. The summed E-state index contributed by atoms with van der Waals surface area (Å²) in [5, 5.41) is 0. The Balaban J connectivity index is 1.62. The van der Waals surface area contributed by atoms with Gasteiger partial charge in [0, 0.05) is 13.3 Å². The minimum atomic E-state index is -0.133. The van der Waals surface area contributed by atoms with Gasteiger partial charge in [-0.15, -0.1) is 0 Å². The molecule has 3 saturated carbocycles. The topological polar surface area (TPSA) is 26.3 Å². The normalized spacial score (nSPS) is 44.3. The van der Waals surface area contributed by atoms with Crippen LogP contribution in [-0.2, 0) is 9.53 Å². The summed E-state index contributed by atoms with van der Waals surface area (Å²) in [5.41, 5.74) is 4.10. The zero-order valence-corrected chi connectivity index (χ0v) is 18.0. The highest BCUT2D eigenvalue weighted by atomic mass is 16.5. The molecule has 0 N–H and O–H groups in total. The standard InChI is InChI=1S/C25H38O2/c1-6-16(2)21-9-10-22-20-8-7-18-15-19(27-17(3)26)11-13-24(18,4)23(20)12-14-25(21,22)5/h7-8,16,19,21-23H,6,9-15H2,1-5H3/t16-,19+,21-,22+,23+,24+,25-/m1/s1. The Labute approximate surface area is 165 Å². The number of carbonyl (C=O) groups is 1. The van der Waals surface area contributed by atoms with Crippen LogP contribution in [0.3, 0.4) is 0 Å². The first-order valence-electron chi connectivity index (χ1n) is 11.4. The zero-order valence-electron chi connectivity index (χ0n) is 18.0. The Morgan fingerprint density at radius 2 is 1.93 bits per heavy atom. The quantitative estimate of drug-likeness (QED) is 0.533. The van der Waals surface area contributed by atoms with Crippen molar-refractivity contribution in [3.63, 3.8) is 0 Å². The smallest absolute Gasteiger partial charge is 0.302 e. The van der Waals surface area contributed by atoms with Crippen LogP contribution in [0, 0.1) is 34.5 Å². The fourth-order valence-electron chi connectivity index (χ4n) is 7.56. The van der Waals surface area contributed by atoms with Crippen molar-refractivity contribution < 1.29 is 9.53 Å².